The third-order valence-corrected chi connectivity index (χ3v) is 6.14. The van der Waals surface area contributed by atoms with E-state index in [1.54, 1.807) is 36.2 Å². The summed E-state index contributed by atoms with van der Waals surface area (Å²) in [6.07, 6.45) is 3.26. The second-order valence-electron chi connectivity index (χ2n) is 7.94. The number of benzene rings is 2. The fraction of sp³-hybridized carbons (Fsp3) is 0.250. The van der Waals surface area contributed by atoms with Gasteiger partial charge in [-0.1, -0.05) is 29.8 Å². The fourth-order valence-corrected chi connectivity index (χ4v) is 4.40. The standard InChI is InChI=1S/C24H24ClN7O2/c1-34-21-8-7-17(13-20(21)25)29-22(33)15-32-24-19(14-28-32)23(26-16-27-24)31-11-9-30(10-12-31)18-5-3-2-4-6-18/h2-8,13-14,16H,9-12,15H2,1H3,(H,29,33). The van der Waals surface area contributed by atoms with Crippen molar-refractivity contribution in [2.24, 2.45) is 0 Å². The Labute approximate surface area is 201 Å². The van der Waals surface area contributed by atoms with Crippen molar-refractivity contribution in [1.82, 2.24) is 19.7 Å². The summed E-state index contributed by atoms with van der Waals surface area (Å²) in [5, 5.41) is 8.50. The third-order valence-electron chi connectivity index (χ3n) is 5.84. The summed E-state index contributed by atoms with van der Waals surface area (Å²) in [6, 6.07) is 15.5. The Kier molecular flexibility index (Phi) is 6.18. The molecule has 0 atom stereocenters. The van der Waals surface area contributed by atoms with Gasteiger partial charge < -0.3 is 19.9 Å². The molecular formula is C24H24ClN7O2. The lowest BCUT2D eigenvalue weighted by Gasteiger charge is -2.36. The highest BCUT2D eigenvalue weighted by molar-refractivity contribution is 6.32. The summed E-state index contributed by atoms with van der Waals surface area (Å²) in [5.41, 5.74) is 2.43. The van der Waals surface area contributed by atoms with Gasteiger partial charge in [-0.15, -0.1) is 0 Å². The van der Waals surface area contributed by atoms with Crippen molar-refractivity contribution in [3.8, 4) is 5.75 Å². The first kappa shape index (κ1) is 22.0. The van der Waals surface area contributed by atoms with E-state index in [4.69, 9.17) is 16.3 Å². The number of rotatable bonds is 6. The number of methoxy groups -OCH3 is 1. The quantitative estimate of drug-likeness (QED) is 0.455. The monoisotopic (exact) mass is 477 g/mol. The van der Waals surface area contributed by atoms with Gasteiger partial charge >= 0.3 is 0 Å². The van der Waals surface area contributed by atoms with E-state index >= 15 is 0 Å². The largest absolute Gasteiger partial charge is 0.495 e. The Bertz CT molecular complexity index is 1300. The minimum Gasteiger partial charge on any atom is -0.495 e. The van der Waals surface area contributed by atoms with Crippen LogP contribution in [0.2, 0.25) is 5.02 Å². The van der Waals surface area contributed by atoms with Gasteiger partial charge in [-0.05, 0) is 30.3 Å². The number of carbonyl (C=O) groups excluding carboxylic acids is 1. The number of piperazine rings is 1. The van der Waals surface area contributed by atoms with E-state index in [2.05, 4.69) is 54.4 Å². The lowest BCUT2D eigenvalue weighted by Crippen LogP contribution is -2.46. The van der Waals surface area contributed by atoms with Crippen molar-refractivity contribution >= 4 is 45.7 Å². The van der Waals surface area contributed by atoms with Gasteiger partial charge in [0.05, 0.1) is 23.7 Å². The normalized spacial score (nSPS) is 13.8. The lowest BCUT2D eigenvalue weighted by atomic mass is 10.2. The number of halogens is 1. The van der Waals surface area contributed by atoms with Crippen molar-refractivity contribution < 1.29 is 9.53 Å². The van der Waals surface area contributed by atoms with Crippen LogP contribution in [0.25, 0.3) is 11.0 Å². The van der Waals surface area contributed by atoms with Crippen LogP contribution in [-0.4, -0.2) is 58.9 Å². The maximum Gasteiger partial charge on any atom is 0.246 e. The highest BCUT2D eigenvalue weighted by Gasteiger charge is 2.22. The van der Waals surface area contributed by atoms with E-state index in [0.29, 0.717) is 22.1 Å². The Balaban J connectivity index is 1.28. The SMILES string of the molecule is COc1ccc(NC(=O)Cn2ncc3c(N4CCN(c5ccccc5)CC4)ncnc32)cc1Cl. The summed E-state index contributed by atoms with van der Waals surface area (Å²) >= 11 is 6.15. The molecule has 5 rings (SSSR count). The molecule has 1 fully saturated rings. The van der Waals surface area contributed by atoms with E-state index < -0.39 is 0 Å². The Morgan fingerprint density at radius 2 is 1.82 bits per heavy atom. The van der Waals surface area contributed by atoms with Crippen molar-refractivity contribution in [3.63, 3.8) is 0 Å². The molecule has 2 aromatic carbocycles. The molecule has 10 heteroatoms. The zero-order valence-corrected chi connectivity index (χ0v) is 19.4. The van der Waals surface area contributed by atoms with Crippen molar-refractivity contribution in [1.29, 1.82) is 0 Å². The van der Waals surface area contributed by atoms with Gasteiger partial charge in [0.2, 0.25) is 5.91 Å². The molecule has 1 aliphatic rings. The van der Waals surface area contributed by atoms with Gasteiger partial charge in [-0.3, -0.25) is 4.79 Å². The van der Waals surface area contributed by atoms with Crippen LogP contribution in [0.4, 0.5) is 17.2 Å². The summed E-state index contributed by atoms with van der Waals surface area (Å²) < 4.78 is 6.73. The predicted molar refractivity (Wildman–Crippen MR) is 133 cm³/mol. The second kappa shape index (κ2) is 9.56. The Morgan fingerprint density at radius 1 is 1.06 bits per heavy atom. The first-order chi connectivity index (χ1) is 16.6. The zero-order valence-electron chi connectivity index (χ0n) is 18.7. The molecule has 0 bridgehead atoms. The number of fused-ring (bicyclic) bond motifs is 1. The van der Waals surface area contributed by atoms with Crippen LogP contribution < -0.4 is 19.9 Å². The molecule has 174 valence electrons. The van der Waals surface area contributed by atoms with Gasteiger partial charge in [-0.25, -0.2) is 14.6 Å². The fourth-order valence-electron chi connectivity index (χ4n) is 4.14. The van der Waals surface area contributed by atoms with Crippen molar-refractivity contribution in [2.45, 2.75) is 6.54 Å². The first-order valence-corrected chi connectivity index (χ1v) is 11.3. The smallest absolute Gasteiger partial charge is 0.246 e. The molecule has 0 aliphatic carbocycles. The van der Waals surface area contributed by atoms with Crippen LogP contribution in [0.1, 0.15) is 0 Å². The van der Waals surface area contributed by atoms with E-state index in [-0.39, 0.29) is 12.5 Å². The predicted octanol–water partition coefficient (Wildman–Crippen LogP) is 3.45. The van der Waals surface area contributed by atoms with Crippen LogP contribution in [0.15, 0.2) is 61.1 Å². The molecule has 1 N–H and O–H groups in total. The molecule has 9 nitrogen and oxygen atoms in total. The van der Waals surface area contributed by atoms with Crippen LogP contribution in [0.5, 0.6) is 5.75 Å². The molecule has 0 radical (unpaired) electrons. The number of hydrogen-bond acceptors (Lipinski definition) is 7. The highest BCUT2D eigenvalue weighted by atomic mass is 35.5. The Hall–Kier alpha value is -3.85. The molecule has 2 aromatic heterocycles. The summed E-state index contributed by atoms with van der Waals surface area (Å²) in [5.74, 6) is 1.15. The number of nitrogens with one attached hydrogen (secondary N) is 1. The van der Waals surface area contributed by atoms with E-state index in [1.165, 1.54) is 12.0 Å². The zero-order chi connectivity index (χ0) is 23.5. The van der Waals surface area contributed by atoms with Crippen LogP contribution in [0.3, 0.4) is 0 Å². The van der Waals surface area contributed by atoms with E-state index in [0.717, 1.165) is 37.4 Å². The molecule has 1 saturated heterocycles. The average molecular weight is 478 g/mol. The minimum atomic E-state index is -0.233. The Morgan fingerprint density at radius 3 is 2.56 bits per heavy atom. The lowest BCUT2D eigenvalue weighted by molar-refractivity contribution is -0.116. The summed E-state index contributed by atoms with van der Waals surface area (Å²) in [7, 11) is 1.54. The number of amides is 1. The van der Waals surface area contributed by atoms with Gasteiger partial charge in [-0.2, -0.15) is 5.10 Å². The maximum absolute atomic E-state index is 12.6. The molecular weight excluding hydrogens is 454 g/mol. The number of anilines is 3. The molecule has 1 aliphatic heterocycles. The number of ether oxygens (including phenoxy) is 1. The molecule has 0 unspecified atom stereocenters. The summed E-state index contributed by atoms with van der Waals surface area (Å²) in [6.45, 7) is 3.49. The number of para-hydroxylation sites is 1. The van der Waals surface area contributed by atoms with Crippen LogP contribution in [-0.2, 0) is 11.3 Å². The van der Waals surface area contributed by atoms with Crippen molar-refractivity contribution in [3.05, 3.63) is 66.1 Å². The topological polar surface area (TPSA) is 88.4 Å². The van der Waals surface area contributed by atoms with E-state index in [1.807, 2.05) is 6.07 Å². The third kappa shape index (κ3) is 4.47. The molecule has 3 heterocycles. The molecule has 4 aromatic rings. The number of nitrogens with zero attached hydrogens (tertiary/aromatic N) is 6. The van der Waals surface area contributed by atoms with E-state index in [9.17, 15) is 4.79 Å². The maximum atomic E-state index is 12.6. The van der Waals surface area contributed by atoms with Gasteiger partial charge in [0.1, 0.15) is 24.4 Å². The molecule has 0 saturated carbocycles. The minimum absolute atomic E-state index is 0.0192. The number of hydrogen-bond donors (Lipinski definition) is 1. The van der Waals surface area contributed by atoms with Gasteiger partial charge in [0, 0.05) is 37.6 Å². The molecule has 34 heavy (non-hydrogen) atoms. The number of aromatic nitrogens is 4. The number of carbonyl (C=O) groups is 1. The average Bonchev–Trinajstić information content (AvgIpc) is 3.27. The molecule has 0 spiro atoms. The highest BCUT2D eigenvalue weighted by Crippen LogP contribution is 2.28. The van der Waals surface area contributed by atoms with Crippen molar-refractivity contribution in [2.75, 3.05) is 48.4 Å². The first-order valence-electron chi connectivity index (χ1n) is 11.0. The van der Waals surface area contributed by atoms with Gasteiger partial charge in [0.15, 0.2) is 5.65 Å². The summed E-state index contributed by atoms with van der Waals surface area (Å²) in [4.78, 5) is 26.2. The molecule has 1 amide bonds. The van der Waals surface area contributed by atoms with Gasteiger partial charge in [0.25, 0.3) is 0 Å². The van der Waals surface area contributed by atoms with Crippen LogP contribution >= 0.6 is 11.6 Å². The van der Waals surface area contributed by atoms with Crippen LogP contribution in [0, 0.1) is 0 Å². The second-order valence-corrected chi connectivity index (χ2v) is 8.35.